The molecule has 6 atom stereocenters. The lowest BCUT2D eigenvalue weighted by molar-refractivity contribution is -0.163. The first-order chi connectivity index (χ1) is 20.1. The van der Waals surface area contributed by atoms with E-state index < -0.39 is 8.32 Å². The van der Waals surface area contributed by atoms with Gasteiger partial charge in [-0.2, -0.15) is 0 Å². The average Bonchev–Trinajstić information content (AvgIpc) is 3.22. The Hall–Kier alpha value is -2.93. The Bertz CT molecular complexity index is 1270. The molecule has 5 nitrogen and oxygen atoms in total. The number of ether oxygens (including phenoxy) is 1. The molecule has 0 bridgehead atoms. The van der Waals surface area contributed by atoms with Crippen LogP contribution in [0.15, 0.2) is 91.0 Å². The van der Waals surface area contributed by atoms with Gasteiger partial charge < -0.3 is 14.1 Å². The molecule has 2 heterocycles. The van der Waals surface area contributed by atoms with Crippen LogP contribution < -0.4 is 10.4 Å². The van der Waals surface area contributed by atoms with Crippen molar-refractivity contribution in [2.75, 3.05) is 13.7 Å². The van der Waals surface area contributed by atoms with Gasteiger partial charge in [-0.05, 0) is 40.7 Å². The number of urea groups is 1. The van der Waals surface area contributed by atoms with Crippen molar-refractivity contribution in [2.24, 2.45) is 11.8 Å². The van der Waals surface area contributed by atoms with E-state index in [-0.39, 0.29) is 47.3 Å². The molecule has 5 rings (SSSR count). The quantitative estimate of drug-likeness (QED) is 0.272. The van der Waals surface area contributed by atoms with Gasteiger partial charge in [-0.1, -0.05) is 126 Å². The van der Waals surface area contributed by atoms with Gasteiger partial charge >= 0.3 is 6.03 Å². The number of carbonyl (C=O) groups excluding carboxylic acids is 1. The molecule has 0 aromatic heterocycles. The predicted molar refractivity (Wildman–Crippen MR) is 173 cm³/mol. The molecule has 6 heteroatoms. The lowest BCUT2D eigenvalue weighted by Crippen LogP contribution is -2.67. The molecule has 2 aliphatic heterocycles. The average molecular weight is 585 g/mol. The minimum atomic E-state index is -2.64. The highest BCUT2D eigenvalue weighted by atomic mass is 28.4. The highest BCUT2D eigenvalue weighted by Crippen LogP contribution is 2.42. The molecular weight excluding hydrogens is 536 g/mol. The van der Waals surface area contributed by atoms with Crippen LogP contribution in [0.5, 0.6) is 0 Å². The first kappa shape index (κ1) is 30.5. The highest BCUT2D eigenvalue weighted by Gasteiger charge is 2.52. The molecule has 2 saturated heterocycles. The number of rotatable bonds is 8. The van der Waals surface area contributed by atoms with E-state index in [0.717, 1.165) is 18.4 Å². The van der Waals surface area contributed by atoms with Crippen LogP contribution in [0.25, 0.3) is 0 Å². The summed E-state index contributed by atoms with van der Waals surface area (Å²) in [6.45, 7) is 14.2. The Balaban J connectivity index is 1.41. The summed E-state index contributed by atoms with van der Waals surface area (Å²) in [5.74, 6) is 0.421. The van der Waals surface area contributed by atoms with Crippen LogP contribution >= 0.6 is 0 Å². The minimum Gasteiger partial charge on any atom is -0.407 e. The van der Waals surface area contributed by atoms with Gasteiger partial charge in [-0.25, -0.2) is 4.79 Å². The zero-order valence-electron chi connectivity index (χ0n) is 26.4. The third-order valence-corrected chi connectivity index (χ3v) is 14.6. The molecule has 3 aromatic carbocycles. The standard InChI is InChI=1S/C36H48N2O3Si/c1-26-23-24-32(41-34(26)38-33(28(3)37(7)35(38)39)29-17-11-8-12-18-29)27(2)25-40-42(36(4,5)6,30-19-13-9-14-20-30)31-21-15-10-16-22-31/h8-22,26-28,32-34H,23-25H2,1-7H3/t26-,27-,28-,32-,33-,34-/m1/s1. The number of amides is 2. The van der Waals surface area contributed by atoms with E-state index in [1.807, 2.05) is 22.9 Å². The fourth-order valence-electron chi connectivity index (χ4n) is 7.11. The second-order valence-electron chi connectivity index (χ2n) is 13.5. The van der Waals surface area contributed by atoms with Gasteiger partial charge in [0, 0.05) is 25.5 Å². The number of carbonyl (C=O) groups is 1. The van der Waals surface area contributed by atoms with Crippen LogP contribution in [-0.2, 0) is 9.16 Å². The smallest absolute Gasteiger partial charge is 0.322 e. The maximum Gasteiger partial charge on any atom is 0.322 e. The molecule has 2 amide bonds. The van der Waals surface area contributed by atoms with Crippen molar-refractivity contribution in [3.05, 3.63) is 96.6 Å². The van der Waals surface area contributed by atoms with Crippen LogP contribution in [0.3, 0.4) is 0 Å². The monoisotopic (exact) mass is 584 g/mol. The second-order valence-corrected chi connectivity index (χ2v) is 17.8. The van der Waals surface area contributed by atoms with Gasteiger partial charge in [0.15, 0.2) is 0 Å². The molecule has 3 aromatic rings. The summed E-state index contributed by atoms with van der Waals surface area (Å²) in [4.78, 5) is 17.5. The van der Waals surface area contributed by atoms with Crippen molar-refractivity contribution in [1.82, 2.24) is 9.80 Å². The lowest BCUT2D eigenvalue weighted by atomic mass is 9.90. The van der Waals surface area contributed by atoms with E-state index in [0.29, 0.717) is 6.61 Å². The number of hydrogen-bond acceptors (Lipinski definition) is 3. The molecule has 42 heavy (non-hydrogen) atoms. The zero-order valence-corrected chi connectivity index (χ0v) is 27.4. The summed E-state index contributed by atoms with van der Waals surface area (Å²) in [5.41, 5.74) is 1.16. The summed E-state index contributed by atoms with van der Waals surface area (Å²) < 4.78 is 14.2. The van der Waals surface area contributed by atoms with Crippen molar-refractivity contribution in [3.8, 4) is 0 Å². The molecule has 0 spiro atoms. The molecule has 0 unspecified atom stereocenters. The van der Waals surface area contributed by atoms with E-state index >= 15 is 0 Å². The fourth-order valence-corrected chi connectivity index (χ4v) is 11.8. The summed E-state index contributed by atoms with van der Waals surface area (Å²) in [6.07, 6.45) is 1.72. The van der Waals surface area contributed by atoms with Crippen molar-refractivity contribution >= 4 is 24.7 Å². The van der Waals surface area contributed by atoms with Crippen LogP contribution in [-0.4, -0.2) is 56.2 Å². The SMILES string of the molecule is C[C@@H]1CC[C@H]([C@H](C)CO[Si](c2ccccc2)(c2ccccc2)C(C)(C)C)O[C@H]1N1C(=O)N(C)[C@H](C)[C@@H]1c1ccccc1. The van der Waals surface area contributed by atoms with E-state index in [2.05, 4.69) is 126 Å². The number of likely N-dealkylation sites (N-methyl/N-ethyl adjacent to an activating group) is 1. The Kier molecular flexibility index (Phi) is 8.98. The molecule has 2 fully saturated rings. The normalized spacial score (nSPS) is 26.0. The molecule has 0 saturated carbocycles. The summed E-state index contributed by atoms with van der Waals surface area (Å²) >= 11 is 0. The molecule has 2 aliphatic rings. The highest BCUT2D eigenvalue weighted by molar-refractivity contribution is 6.99. The van der Waals surface area contributed by atoms with Gasteiger partial charge in [-0.3, -0.25) is 4.90 Å². The van der Waals surface area contributed by atoms with Gasteiger partial charge in [0.1, 0.15) is 6.23 Å². The lowest BCUT2D eigenvalue weighted by Gasteiger charge is -2.46. The van der Waals surface area contributed by atoms with Gasteiger partial charge in [0.25, 0.3) is 8.32 Å². The van der Waals surface area contributed by atoms with Crippen LogP contribution in [0.2, 0.25) is 5.04 Å². The predicted octanol–water partition coefficient (Wildman–Crippen LogP) is 6.84. The Morgan fingerprint density at radius 2 is 1.40 bits per heavy atom. The van der Waals surface area contributed by atoms with Gasteiger partial charge in [0.05, 0.1) is 18.2 Å². The van der Waals surface area contributed by atoms with Gasteiger partial charge in [-0.15, -0.1) is 0 Å². The van der Waals surface area contributed by atoms with Crippen molar-refractivity contribution in [2.45, 2.75) is 83.8 Å². The zero-order chi connectivity index (χ0) is 30.1. The Morgan fingerprint density at radius 1 is 0.881 bits per heavy atom. The van der Waals surface area contributed by atoms with Crippen LogP contribution in [0, 0.1) is 11.8 Å². The van der Waals surface area contributed by atoms with Crippen molar-refractivity contribution in [1.29, 1.82) is 0 Å². The summed E-state index contributed by atoms with van der Waals surface area (Å²) in [7, 11) is -0.732. The summed E-state index contributed by atoms with van der Waals surface area (Å²) in [5, 5.41) is 2.50. The van der Waals surface area contributed by atoms with E-state index in [4.69, 9.17) is 9.16 Å². The van der Waals surface area contributed by atoms with Crippen molar-refractivity contribution < 1.29 is 14.0 Å². The van der Waals surface area contributed by atoms with E-state index in [1.165, 1.54) is 10.4 Å². The van der Waals surface area contributed by atoms with E-state index in [1.54, 1.807) is 0 Å². The molecule has 0 radical (unpaired) electrons. The van der Waals surface area contributed by atoms with Crippen LogP contribution in [0.1, 0.15) is 66.0 Å². The second kappa shape index (κ2) is 12.4. The summed E-state index contributed by atoms with van der Waals surface area (Å²) in [6, 6.07) is 32.1. The third kappa shape index (κ3) is 5.57. The molecule has 0 N–H and O–H groups in total. The number of hydrogen-bond donors (Lipinski definition) is 0. The van der Waals surface area contributed by atoms with Crippen molar-refractivity contribution in [3.63, 3.8) is 0 Å². The molecular formula is C36H48N2O3Si. The van der Waals surface area contributed by atoms with E-state index in [9.17, 15) is 4.79 Å². The Labute approximate surface area is 254 Å². The number of benzene rings is 3. The fraction of sp³-hybridized carbons (Fsp3) is 0.472. The maximum absolute atomic E-state index is 13.7. The first-order valence-electron chi connectivity index (χ1n) is 15.6. The maximum atomic E-state index is 13.7. The topological polar surface area (TPSA) is 42.0 Å². The third-order valence-electron chi connectivity index (χ3n) is 9.63. The minimum absolute atomic E-state index is 0.00912. The molecule has 224 valence electrons. The van der Waals surface area contributed by atoms with Crippen LogP contribution in [0.4, 0.5) is 4.79 Å². The first-order valence-corrected chi connectivity index (χ1v) is 17.5. The number of nitrogens with zero attached hydrogens (tertiary/aromatic N) is 2. The Morgan fingerprint density at radius 3 is 1.93 bits per heavy atom. The van der Waals surface area contributed by atoms with Gasteiger partial charge in [0.2, 0.25) is 0 Å². The largest absolute Gasteiger partial charge is 0.407 e. The molecule has 0 aliphatic carbocycles.